The van der Waals surface area contributed by atoms with Crippen LogP contribution < -0.4 is 0 Å². The van der Waals surface area contributed by atoms with Gasteiger partial charge in [0, 0.05) is 5.92 Å². The fourth-order valence-electron chi connectivity index (χ4n) is 2.88. The minimum Gasteiger partial charge on any atom is -0.197 e. The lowest BCUT2D eigenvalue weighted by Gasteiger charge is -2.13. The van der Waals surface area contributed by atoms with Gasteiger partial charge in [0.1, 0.15) is 5.92 Å². The Morgan fingerprint density at radius 3 is 1.79 bits per heavy atom. The third-order valence-corrected chi connectivity index (χ3v) is 3.75. The van der Waals surface area contributed by atoms with Crippen molar-refractivity contribution in [1.82, 2.24) is 0 Å². The Hall–Kier alpha value is -2.58. The van der Waals surface area contributed by atoms with Crippen LogP contribution in [0.25, 0.3) is 11.1 Å². The van der Waals surface area contributed by atoms with Crippen molar-refractivity contribution in [2.45, 2.75) is 12.3 Å². The van der Waals surface area contributed by atoms with Crippen molar-refractivity contribution in [3.8, 4) is 23.3 Å². The smallest absolute Gasteiger partial charge is 0.134 e. The summed E-state index contributed by atoms with van der Waals surface area (Å²) in [5, 5.41) is 18.0. The van der Waals surface area contributed by atoms with E-state index in [2.05, 4.69) is 36.4 Å². The fraction of sp³-hybridized carbons (Fsp3) is 0.176. The standard InChI is InChI=1S/C17H12N2/c18-10-12(11-19)9-17-15-7-3-1-5-13(15)14-6-2-4-8-16(14)17/h1-8,12,17H,9H2. The van der Waals surface area contributed by atoms with E-state index in [1.54, 1.807) is 0 Å². The molecule has 2 nitrogen and oxygen atoms in total. The maximum absolute atomic E-state index is 9.01. The van der Waals surface area contributed by atoms with Crippen molar-refractivity contribution in [3.05, 3.63) is 59.7 Å². The average molecular weight is 244 g/mol. The third-order valence-electron chi connectivity index (χ3n) is 3.75. The number of hydrogen-bond acceptors (Lipinski definition) is 2. The number of fused-ring (bicyclic) bond motifs is 3. The van der Waals surface area contributed by atoms with E-state index in [1.165, 1.54) is 22.3 Å². The van der Waals surface area contributed by atoms with Gasteiger partial charge in [-0.2, -0.15) is 10.5 Å². The van der Waals surface area contributed by atoms with Gasteiger partial charge in [-0.25, -0.2) is 0 Å². The van der Waals surface area contributed by atoms with E-state index in [-0.39, 0.29) is 5.92 Å². The van der Waals surface area contributed by atoms with Gasteiger partial charge in [0.05, 0.1) is 12.1 Å². The molecule has 1 aliphatic carbocycles. The van der Waals surface area contributed by atoms with Crippen molar-refractivity contribution in [1.29, 1.82) is 10.5 Å². The zero-order valence-electron chi connectivity index (χ0n) is 10.4. The minimum atomic E-state index is -0.552. The zero-order chi connectivity index (χ0) is 13.2. The van der Waals surface area contributed by atoms with Crippen molar-refractivity contribution >= 4 is 0 Å². The molecule has 0 heterocycles. The highest BCUT2D eigenvalue weighted by Gasteiger charge is 2.29. The van der Waals surface area contributed by atoms with Crippen molar-refractivity contribution in [3.63, 3.8) is 0 Å². The number of rotatable bonds is 2. The molecule has 0 amide bonds. The molecule has 0 unspecified atom stereocenters. The van der Waals surface area contributed by atoms with Crippen molar-refractivity contribution < 1.29 is 0 Å². The number of benzene rings is 2. The van der Waals surface area contributed by atoms with Gasteiger partial charge in [0.15, 0.2) is 0 Å². The van der Waals surface area contributed by atoms with Gasteiger partial charge < -0.3 is 0 Å². The van der Waals surface area contributed by atoms with Crippen LogP contribution in [0.4, 0.5) is 0 Å². The first kappa shape index (κ1) is 11.5. The Morgan fingerprint density at radius 2 is 1.32 bits per heavy atom. The van der Waals surface area contributed by atoms with Gasteiger partial charge in [-0.1, -0.05) is 48.5 Å². The Balaban J connectivity index is 2.11. The molecule has 0 fully saturated rings. The van der Waals surface area contributed by atoms with E-state index in [4.69, 9.17) is 10.5 Å². The highest BCUT2D eigenvalue weighted by molar-refractivity contribution is 5.78. The van der Waals surface area contributed by atoms with Crippen LogP contribution in [0.1, 0.15) is 23.5 Å². The summed E-state index contributed by atoms with van der Waals surface area (Å²) in [5.41, 5.74) is 4.94. The second-order valence-electron chi connectivity index (χ2n) is 4.77. The highest BCUT2D eigenvalue weighted by Crippen LogP contribution is 2.46. The molecule has 90 valence electrons. The Kier molecular flexibility index (Phi) is 2.78. The maximum Gasteiger partial charge on any atom is 0.134 e. The van der Waals surface area contributed by atoms with Crippen LogP contribution in [-0.4, -0.2) is 0 Å². The zero-order valence-corrected chi connectivity index (χ0v) is 10.4. The summed E-state index contributed by atoms with van der Waals surface area (Å²) < 4.78 is 0. The fourth-order valence-corrected chi connectivity index (χ4v) is 2.88. The van der Waals surface area contributed by atoms with Crippen LogP contribution in [-0.2, 0) is 0 Å². The SMILES string of the molecule is N#CC(C#N)CC1c2ccccc2-c2ccccc21. The van der Waals surface area contributed by atoms with Gasteiger partial charge in [-0.15, -0.1) is 0 Å². The molecule has 0 saturated carbocycles. The number of hydrogen-bond donors (Lipinski definition) is 0. The Morgan fingerprint density at radius 1 is 0.842 bits per heavy atom. The quantitative estimate of drug-likeness (QED) is 0.805. The molecule has 2 aromatic rings. The van der Waals surface area contributed by atoms with Gasteiger partial charge in [0.25, 0.3) is 0 Å². The van der Waals surface area contributed by atoms with E-state index in [0.717, 1.165) is 0 Å². The predicted molar refractivity (Wildman–Crippen MR) is 73.1 cm³/mol. The van der Waals surface area contributed by atoms with E-state index >= 15 is 0 Å². The van der Waals surface area contributed by atoms with E-state index in [9.17, 15) is 0 Å². The normalized spacial score (nSPS) is 12.6. The van der Waals surface area contributed by atoms with E-state index < -0.39 is 5.92 Å². The summed E-state index contributed by atoms with van der Waals surface area (Å²) in [5.74, 6) is -0.388. The van der Waals surface area contributed by atoms with E-state index in [0.29, 0.717) is 6.42 Å². The summed E-state index contributed by atoms with van der Waals surface area (Å²) in [4.78, 5) is 0. The highest BCUT2D eigenvalue weighted by atomic mass is 14.4. The number of nitrogens with zero attached hydrogens (tertiary/aromatic N) is 2. The molecule has 2 heteroatoms. The second-order valence-corrected chi connectivity index (χ2v) is 4.77. The van der Waals surface area contributed by atoms with Gasteiger partial charge in [-0.05, 0) is 28.7 Å². The maximum atomic E-state index is 9.01. The summed E-state index contributed by atoms with van der Waals surface area (Å²) in [7, 11) is 0. The first-order valence-corrected chi connectivity index (χ1v) is 6.32. The Labute approximate surface area is 112 Å². The monoisotopic (exact) mass is 244 g/mol. The predicted octanol–water partition coefficient (Wildman–Crippen LogP) is 3.85. The third kappa shape index (κ3) is 1.79. The van der Waals surface area contributed by atoms with E-state index in [1.807, 2.05) is 24.3 Å². The second kappa shape index (κ2) is 4.59. The van der Waals surface area contributed by atoms with Gasteiger partial charge >= 0.3 is 0 Å². The summed E-state index contributed by atoms with van der Waals surface area (Å²) in [6, 6.07) is 20.7. The molecule has 0 saturated heterocycles. The molecular weight excluding hydrogens is 232 g/mol. The molecule has 0 spiro atoms. The lowest BCUT2D eigenvalue weighted by Crippen LogP contribution is -2.03. The molecule has 1 aliphatic rings. The topological polar surface area (TPSA) is 47.6 Å². The summed E-state index contributed by atoms with van der Waals surface area (Å²) in [6.07, 6.45) is 0.570. The average Bonchev–Trinajstić information content (AvgIpc) is 2.79. The van der Waals surface area contributed by atoms with Crippen molar-refractivity contribution in [2.24, 2.45) is 5.92 Å². The van der Waals surface area contributed by atoms with Crippen LogP contribution in [0.5, 0.6) is 0 Å². The molecule has 0 N–H and O–H groups in total. The molecule has 0 bridgehead atoms. The number of nitriles is 2. The van der Waals surface area contributed by atoms with Crippen LogP contribution in [0, 0.1) is 28.6 Å². The van der Waals surface area contributed by atoms with Crippen LogP contribution in [0.15, 0.2) is 48.5 Å². The molecule has 0 aliphatic heterocycles. The molecule has 19 heavy (non-hydrogen) atoms. The molecule has 0 aromatic heterocycles. The molecule has 0 radical (unpaired) electrons. The molecule has 2 aromatic carbocycles. The summed E-state index contributed by atoms with van der Waals surface area (Å²) >= 11 is 0. The van der Waals surface area contributed by atoms with Gasteiger partial charge in [0.2, 0.25) is 0 Å². The first-order valence-electron chi connectivity index (χ1n) is 6.32. The minimum absolute atomic E-state index is 0.164. The first-order chi connectivity index (χ1) is 9.35. The Bertz CT molecular complexity index is 644. The molecule has 0 atom stereocenters. The van der Waals surface area contributed by atoms with Gasteiger partial charge in [-0.3, -0.25) is 0 Å². The van der Waals surface area contributed by atoms with Crippen LogP contribution in [0.3, 0.4) is 0 Å². The van der Waals surface area contributed by atoms with Crippen LogP contribution >= 0.6 is 0 Å². The largest absolute Gasteiger partial charge is 0.197 e. The lowest BCUT2D eigenvalue weighted by molar-refractivity contribution is 0.662. The molecule has 3 rings (SSSR count). The summed E-state index contributed by atoms with van der Waals surface area (Å²) in [6.45, 7) is 0. The lowest BCUT2D eigenvalue weighted by atomic mass is 9.88. The van der Waals surface area contributed by atoms with Crippen LogP contribution in [0.2, 0.25) is 0 Å². The molecular formula is C17H12N2. The van der Waals surface area contributed by atoms with Crippen molar-refractivity contribution in [2.75, 3.05) is 0 Å².